The fraction of sp³-hybridized carbons (Fsp3) is 0.722. The van der Waals surface area contributed by atoms with Crippen molar-refractivity contribution in [2.45, 2.75) is 83.3 Å². The van der Waals surface area contributed by atoms with E-state index in [4.69, 9.17) is 0 Å². The zero-order chi connectivity index (χ0) is 16.6. The van der Waals surface area contributed by atoms with E-state index in [1.165, 1.54) is 19.3 Å². The monoisotopic (exact) mass is 311 g/mol. The molecule has 0 bridgehead atoms. The first kappa shape index (κ1) is 20.9. The summed E-state index contributed by atoms with van der Waals surface area (Å²) in [5.41, 5.74) is 0. The average Bonchev–Trinajstić information content (AvgIpc) is 2.48. The highest BCUT2D eigenvalue weighted by atomic mass is 16.4. The van der Waals surface area contributed by atoms with Crippen molar-refractivity contribution in [1.82, 2.24) is 0 Å². The molecule has 0 spiro atoms. The molecule has 4 nitrogen and oxygen atoms in total. The summed E-state index contributed by atoms with van der Waals surface area (Å²) in [6, 6.07) is 0. The van der Waals surface area contributed by atoms with E-state index in [0.717, 1.165) is 19.3 Å². The van der Waals surface area contributed by atoms with Gasteiger partial charge >= 0.3 is 0 Å². The van der Waals surface area contributed by atoms with Gasteiger partial charge in [-0.25, -0.2) is 0 Å². The number of carboxylic acids is 1. The third-order valence-electron chi connectivity index (χ3n) is 3.52. The van der Waals surface area contributed by atoms with E-state index in [-0.39, 0.29) is 6.42 Å². The van der Waals surface area contributed by atoms with Crippen LogP contribution in [-0.4, -0.2) is 28.4 Å². The summed E-state index contributed by atoms with van der Waals surface area (Å²) in [6.07, 6.45) is 14.2. The van der Waals surface area contributed by atoms with Crippen molar-refractivity contribution in [2.24, 2.45) is 0 Å². The molecule has 0 rings (SSSR count). The second-order valence-electron chi connectivity index (χ2n) is 5.66. The second-order valence-corrected chi connectivity index (χ2v) is 5.66. The van der Waals surface area contributed by atoms with Crippen LogP contribution >= 0.6 is 0 Å². The van der Waals surface area contributed by atoms with Gasteiger partial charge in [0.25, 0.3) is 0 Å². The van der Waals surface area contributed by atoms with E-state index >= 15 is 0 Å². The Morgan fingerprint density at radius 2 is 1.82 bits per heavy atom. The maximum atomic E-state index is 10.2. The predicted octanol–water partition coefficient (Wildman–Crippen LogP) is 2.49. The maximum absolute atomic E-state index is 10.2. The van der Waals surface area contributed by atoms with E-state index in [1.54, 1.807) is 6.08 Å². The van der Waals surface area contributed by atoms with Crippen LogP contribution in [0, 0.1) is 0 Å². The summed E-state index contributed by atoms with van der Waals surface area (Å²) >= 11 is 0. The molecule has 22 heavy (non-hydrogen) atoms. The zero-order valence-corrected chi connectivity index (χ0v) is 13.7. The number of hydrogen-bond acceptors (Lipinski definition) is 4. The molecule has 0 aromatic heterocycles. The van der Waals surface area contributed by atoms with Crippen LogP contribution in [0.3, 0.4) is 0 Å². The molecule has 0 saturated carbocycles. The lowest BCUT2D eigenvalue weighted by Crippen LogP contribution is -2.23. The molecule has 0 amide bonds. The molecule has 0 radical (unpaired) electrons. The van der Waals surface area contributed by atoms with Crippen molar-refractivity contribution < 1.29 is 20.1 Å². The minimum atomic E-state index is -1.04. The Morgan fingerprint density at radius 3 is 2.50 bits per heavy atom. The predicted molar refractivity (Wildman–Crippen MR) is 87.1 cm³/mol. The van der Waals surface area contributed by atoms with Crippen LogP contribution in [0.15, 0.2) is 24.3 Å². The van der Waals surface area contributed by atoms with Crippen LogP contribution in [0.4, 0.5) is 0 Å². The van der Waals surface area contributed by atoms with Gasteiger partial charge in [-0.2, -0.15) is 0 Å². The molecular weight excluding hydrogens is 280 g/mol. The Bertz CT molecular complexity index is 323. The summed E-state index contributed by atoms with van der Waals surface area (Å²) in [7, 11) is 0. The lowest BCUT2D eigenvalue weighted by Gasteiger charge is -2.14. The van der Waals surface area contributed by atoms with E-state index < -0.39 is 18.2 Å². The highest BCUT2D eigenvalue weighted by molar-refractivity contribution is 5.63. The lowest BCUT2D eigenvalue weighted by atomic mass is 10.0. The number of aliphatic carboxylic acids is 1. The minimum Gasteiger partial charge on any atom is -0.550 e. The minimum absolute atomic E-state index is 0.0587. The van der Waals surface area contributed by atoms with E-state index in [2.05, 4.69) is 19.1 Å². The molecule has 0 fully saturated rings. The first-order chi connectivity index (χ1) is 10.6. The Labute approximate surface area is 134 Å². The number of carbonyl (C=O) groups excluding carboxylic acids is 1. The van der Waals surface area contributed by atoms with Gasteiger partial charge in [0.15, 0.2) is 0 Å². The topological polar surface area (TPSA) is 80.6 Å². The molecule has 0 aliphatic rings. The molecule has 0 saturated heterocycles. The quantitative estimate of drug-likeness (QED) is 0.381. The molecule has 0 heterocycles. The third-order valence-corrected chi connectivity index (χ3v) is 3.52. The number of carbonyl (C=O) groups is 1. The first-order valence-electron chi connectivity index (χ1n) is 8.45. The van der Waals surface area contributed by atoms with E-state index in [1.807, 2.05) is 6.08 Å². The highest BCUT2D eigenvalue weighted by Gasteiger charge is 2.11. The molecule has 0 unspecified atom stereocenters. The number of unbranched alkanes of at least 4 members (excludes halogenated alkanes) is 5. The first-order valence-corrected chi connectivity index (χ1v) is 8.45. The van der Waals surface area contributed by atoms with Crippen molar-refractivity contribution in [3.63, 3.8) is 0 Å². The summed E-state index contributed by atoms with van der Waals surface area (Å²) in [5, 5.41) is 29.8. The maximum Gasteiger partial charge on any atom is 0.0980 e. The highest BCUT2D eigenvalue weighted by Crippen LogP contribution is 2.09. The molecule has 0 aromatic carbocycles. The smallest absolute Gasteiger partial charge is 0.0980 e. The molecule has 0 aliphatic heterocycles. The van der Waals surface area contributed by atoms with Crippen LogP contribution in [0.1, 0.15) is 71.1 Å². The SMILES string of the molecule is CCCCC/C=C\C/C=C\[C@H](O)[C@@H](O)CCCCCC(=O)[O-]. The van der Waals surface area contributed by atoms with Crippen LogP contribution in [0.2, 0.25) is 0 Å². The van der Waals surface area contributed by atoms with Gasteiger partial charge in [0, 0.05) is 5.97 Å². The fourth-order valence-electron chi connectivity index (χ4n) is 2.12. The molecule has 128 valence electrons. The molecule has 0 aliphatic carbocycles. The van der Waals surface area contributed by atoms with Crippen molar-refractivity contribution in [3.05, 3.63) is 24.3 Å². The van der Waals surface area contributed by atoms with E-state index in [0.29, 0.717) is 19.3 Å². The van der Waals surface area contributed by atoms with Crippen LogP contribution < -0.4 is 5.11 Å². The summed E-state index contributed by atoms with van der Waals surface area (Å²) < 4.78 is 0. The van der Waals surface area contributed by atoms with Crippen molar-refractivity contribution in [1.29, 1.82) is 0 Å². The van der Waals surface area contributed by atoms with Gasteiger partial charge in [-0.05, 0) is 38.5 Å². The standard InChI is InChI=1S/C18H32O4/c1-2-3-4-5-6-7-8-10-13-16(19)17(20)14-11-9-12-15-18(21)22/h6-7,10,13,16-17,19-20H,2-5,8-9,11-12,14-15H2,1H3,(H,21,22)/p-1/b7-6-,13-10-/t16-,17-/m0/s1. The number of aliphatic hydroxyl groups excluding tert-OH is 2. The Hall–Kier alpha value is -1.13. The van der Waals surface area contributed by atoms with Gasteiger partial charge in [0.2, 0.25) is 0 Å². The van der Waals surface area contributed by atoms with E-state index in [9.17, 15) is 20.1 Å². The third kappa shape index (κ3) is 13.8. The van der Waals surface area contributed by atoms with Crippen LogP contribution in [0.5, 0.6) is 0 Å². The zero-order valence-electron chi connectivity index (χ0n) is 13.7. The Kier molecular flexibility index (Phi) is 14.0. The summed E-state index contributed by atoms with van der Waals surface area (Å²) in [6.45, 7) is 2.18. The number of hydrogen-bond donors (Lipinski definition) is 2. The Balaban J connectivity index is 3.65. The van der Waals surface area contributed by atoms with Crippen LogP contribution in [0.25, 0.3) is 0 Å². The van der Waals surface area contributed by atoms with Gasteiger partial charge in [0.1, 0.15) is 0 Å². The summed E-state index contributed by atoms with van der Waals surface area (Å²) in [4.78, 5) is 10.2. The molecule has 4 heteroatoms. The molecule has 2 atom stereocenters. The number of rotatable bonds is 14. The summed E-state index contributed by atoms with van der Waals surface area (Å²) in [5.74, 6) is -1.04. The van der Waals surface area contributed by atoms with Gasteiger partial charge < -0.3 is 20.1 Å². The molecular formula is C18H31O4-. The normalized spacial score (nSPS) is 14.7. The molecule has 0 aromatic rings. The lowest BCUT2D eigenvalue weighted by molar-refractivity contribution is -0.305. The fourth-order valence-corrected chi connectivity index (χ4v) is 2.12. The van der Waals surface area contributed by atoms with Crippen molar-refractivity contribution in [2.75, 3.05) is 0 Å². The number of allylic oxidation sites excluding steroid dienone is 3. The van der Waals surface area contributed by atoms with Crippen molar-refractivity contribution in [3.8, 4) is 0 Å². The van der Waals surface area contributed by atoms with Crippen molar-refractivity contribution >= 4 is 5.97 Å². The van der Waals surface area contributed by atoms with Gasteiger partial charge in [-0.1, -0.05) is 56.9 Å². The largest absolute Gasteiger partial charge is 0.550 e. The Morgan fingerprint density at radius 1 is 1.05 bits per heavy atom. The molecule has 2 N–H and O–H groups in total. The van der Waals surface area contributed by atoms with Crippen LogP contribution in [-0.2, 0) is 4.79 Å². The van der Waals surface area contributed by atoms with Gasteiger partial charge in [0.05, 0.1) is 12.2 Å². The number of carboxylic acid groups (broad SMARTS) is 1. The van der Waals surface area contributed by atoms with Gasteiger partial charge in [-0.15, -0.1) is 0 Å². The average molecular weight is 311 g/mol. The second kappa shape index (κ2) is 14.8. The number of aliphatic hydroxyl groups is 2. The van der Waals surface area contributed by atoms with Gasteiger partial charge in [-0.3, -0.25) is 0 Å².